The van der Waals surface area contributed by atoms with Crippen LogP contribution in [0.4, 0.5) is 4.39 Å². The predicted octanol–water partition coefficient (Wildman–Crippen LogP) is 4.07. The fourth-order valence-electron chi connectivity index (χ4n) is 2.70. The van der Waals surface area contributed by atoms with Gasteiger partial charge in [-0.2, -0.15) is 0 Å². The molecule has 1 aliphatic rings. The highest BCUT2D eigenvalue weighted by Gasteiger charge is 2.42. The number of piperidine rings is 1. The molecule has 6 heteroatoms. The molecule has 0 aromatic heterocycles. The summed E-state index contributed by atoms with van der Waals surface area (Å²) in [5.41, 5.74) is 0.325. The van der Waals surface area contributed by atoms with Crippen LogP contribution in [0.25, 0.3) is 0 Å². The third-order valence-electron chi connectivity index (χ3n) is 5.26. The van der Waals surface area contributed by atoms with Crippen LogP contribution in [0.1, 0.15) is 50.4 Å². The van der Waals surface area contributed by atoms with Crippen LogP contribution in [0.3, 0.4) is 0 Å². The van der Waals surface area contributed by atoms with E-state index in [-0.39, 0.29) is 35.3 Å². The molecule has 0 bridgehead atoms. The second-order valence-electron chi connectivity index (χ2n) is 8.27. The second-order valence-corrected chi connectivity index (χ2v) is 13.0. The minimum atomic E-state index is -2.02. The van der Waals surface area contributed by atoms with E-state index in [1.807, 2.05) is 0 Å². The number of hydrogen-bond donors (Lipinski definition) is 1. The van der Waals surface area contributed by atoms with Crippen molar-refractivity contribution in [2.45, 2.75) is 70.3 Å². The van der Waals surface area contributed by atoms with Crippen LogP contribution < -0.4 is 5.32 Å². The van der Waals surface area contributed by atoms with Gasteiger partial charge in [-0.15, -0.1) is 0 Å². The van der Waals surface area contributed by atoms with E-state index >= 15 is 0 Å². The summed E-state index contributed by atoms with van der Waals surface area (Å²) < 4.78 is 19.8. The Bertz CT molecular complexity index is 654. The van der Waals surface area contributed by atoms with Gasteiger partial charge in [-0.25, -0.2) is 4.39 Å². The van der Waals surface area contributed by atoms with Crippen LogP contribution in [0.2, 0.25) is 18.1 Å². The molecule has 4 nitrogen and oxygen atoms in total. The van der Waals surface area contributed by atoms with Crippen molar-refractivity contribution in [1.82, 2.24) is 5.32 Å². The Balaban J connectivity index is 2.14. The molecule has 1 aliphatic heterocycles. The van der Waals surface area contributed by atoms with Gasteiger partial charge in [0.2, 0.25) is 5.91 Å². The number of Topliss-reactive ketones (excluding diaryl/α,β-unsaturated/α-hetero) is 1. The molecule has 2 atom stereocenters. The SMILES string of the molecule is CC(C)(C)[Si](C)(C)O[C@@H]1CCC(=O)N[C@H]1CC(=O)c1cccc(F)c1. The monoisotopic (exact) mass is 365 g/mol. The van der Waals surface area contributed by atoms with Gasteiger partial charge in [-0.3, -0.25) is 9.59 Å². The lowest BCUT2D eigenvalue weighted by Crippen LogP contribution is -2.55. The van der Waals surface area contributed by atoms with Gasteiger partial charge in [0.1, 0.15) is 5.82 Å². The maximum Gasteiger partial charge on any atom is 0.220 e. The number of nitrogens with one attached hydrogen (secondary N) is 1. The fraction of sp³-hybridized carbons (Fsp3) is 0.579. The minimum Gasteiger partial charge on any atom is -0.412 e. The Morgan fingerprint density at radius 1 is 1.36 bits per heavy atom. The average molecular weight is 366 g/mol. The summed E-state index contributed by atoms with van der Waals surface area (Å²) in [4.78, 5) is 24.3. The molecule has 1 aromatic carbocycles. The normalized spacial score (nSPS) is 21.8. The molecule has 1 saturated heterocycles. The van der Waals surface area contributed by atoms with Crippen LogP contribution in [0.15, 0.2) is 24.3 Å². The zero-order chi connectivity index (χ0) is 18.8. The topological polar surface area (TPSA) is 55.4 Å². The quantitative estimate of drug-likeness (QED) is 0.632. The molecule has 0 saturated carbocycles. The van der Waals surface area contributed by atoms with Crippen molar-refractivity contribution >= 4 is 20.0 Å². The summed E-state index contributed by atoms with van der Waals surface area (Å²) in [5, 5.41) is 2.95. The largest absolute Gasteiger partial charge is 0.412 e. The first-order valence-electron chi connectivity index (χ1n) is 8.75. The Morgan fingerprint density at radius 2 is 2.04 bits per heavy atom. The van der Waals surface area contributed by atoms with E-state index in [0.29, 0.717) is 18.4 Å². The molecule has 0 spiro atoms. The van der Waals surface area contributed by atoms with E-state index in [9.17, 15) is 14.0 Å². The maximum absolute atomic E-state index is 13.4. The van der Waals surface area contributed by atoms with E-state index in [2.05, 4.69) is 39.2 Å². The van der Waals surface area contributed by atoms with Crippen molar-refractivity contribution in [3.8, 4) is 0 Å². The number of ketones is 1. The number of carbonyl (C=O) groups is 2. The molecule has 0 radical (unpaired) electrons. The molecular weight excluding hydrogens is 337 g/mol. The number of rotatable bonds is 5. The molecular formula is C19H28FNO3Si. The minimum absolute atomic E-state index is 0.0472. The molecule has 1 amide bonds. The molecule has 1 fully saturated rings. The van der Waals surface area contributed by atoms with Gasteiger partial charge in [0.15, 0.2) is 14.1 Å². The van der Waals surface area contributed by atoms with E-state index < -0.39 is 14.1 Å². The van der Waals surface area contributed by atoms with Gasteiger partial charge in [0.25, 0.3) is 0 Å². The molecule has 25 heavy (non-hydrogen) atoms. The van der Waals surface area contributed by atoms with E-state index in [0.717, 1.165) is 0 Å². The highest BCUT2D eigenvalue weighted by Crippen LogP contribution is 2.38. The van der Waals surface area contributed by atoms with E-state index in [1.54, 1.807) is 6.07 Å². The van der Waals surface area contributed by atoms with Gasteiger partial charge >= 0.3 is 0 Å². The van der Waals surface area contributed by atoms with Gasteiger partial charge in [0.05, 0.1) is 12.1 Å². The molecule has 1 N–H and O–H groups in total. The zero-order valence-electron chi connectivity index (χ0n) is 15.7. The first-order valence-corrected chi connectivity index (χ1v) is 11.7. The van der Waals surface area contributed by atoms with Gasteiger partial charge < -0.3 is 9.74 Å². The van der Waals surface area contributed by atoms with Crippen LogP contribution >= 0.6 is 0 Å². The summed E-state index contributed by atoms with van der Waals surface area (Å²) in [7, 11) is -2.02. The van der Waals surface area contributed by atoms with Crippen molar-refractivity contribution in [3.05, 3.63) is 35.6 Å². The zero-order valence-corrected chi connectivity index (χ0v) is 16.7. The molecule has 2 rings (SSSR count). The maximum atomic E-state index is 13.4. The predicted molar refractivity (Wildman–Crippen MR) is 98.6 cm³/mol. The number of halogens is 1. The number of amides is 1. The van der Waals surface area contributed by atoms with E-state index in [4.69, 9.17) is 4.43 Å². The molecule has 0 aliphatic carbocycles. The average Bonchev–Trinajstić information content (AvgIpc) is 2.48. The van der Waals surface area contributed by atoms with Crippen molar-refractivity contribution in [1.29, 1.82) is 0 Å². The Hall–Kier alpha value is -1.53. The lowest BCUT2D eigenvalue weighted by Gasteiger charge is -2.43. The molecule has 0 unspecified atom stereocenters. The van der Waals surface area contributed by atoms with Crippen molar-refractivity contribution < 1.29 is 18.4 Å². The van der Waals surface area contributed by atoms with Crippen LogP contribution in [-0.2, 0) is 9.22 Å². The number of carbonyl (C=O) groups excluding carboxylic acids is 2. The lowest BCUT2D eigenvalue weighted by atomic mass is 9.94. The summed E-state index contributed by atoms with van der Waals surface area (Å²) >= 11 is 0. The summed E-state index contributed by atoms with van der Waals surface area (Å²) in [6.45, 7) is 10.8. The van der Waals surface area contributed by atoms with Crippen LogP contribution in [0, 0.1) is 5.82 Å². The van der Waals surface area contributed by atoms with E-state index in [1.165, 1.54) is 18.2 Å². The highest BCUT2D eigenvalue weighted by atomic mass is 28.4. The van der Waals surface area contributed by atoms with Gasteiger partial charge in [0, 0.05) is 18.4 Å². The van der Waals surface area contributed by atoms with Crippen molar-refractivity contribution in [2.75, 3.05) is 0 Å². The van der Waals surface area contributed by atoms with Crippen LogP contribution in [-0.4, -0.2) is 32.2 Å². The summed E-state index contributed by atoms with van der Waals surface area (Å²) in [6.07, 6.45) is 0.953. The third kappa shape index (κ3) is 4.98. The number of benzene rings is 1. The molecule has 1 heterocycles. The third-order valence-corrected chi connectivity index (χ3v) is 9.76. The lowest BCUT2D eigenvalue weighted by molar-refractivity contribution is -0.125. The fourth-order valence-corrected chi connectivity index (χ4v) is 4.10. The smallest absolute Gasteiger partial charge is 0.220 e. The van der Waals surface area contributed by atoms with Crippen LogP contribution in [0.5, 0.6) is 0 Å². The second kappa shape index (κ2) is 7.38. The molecule has 1 aromatic rings. The summed E-state index contributed by atoms with van der Waals surface area (Å²) in [6, 6.07) is 5.29. The Labute approximate surface area is 150 Å². The highest BCUT2D eigenvalue weighted by molar-refractivity contribution is 6.74. The first-order chi connectivity index (χ1) is 11.5. The van der Waals surface area contributed by atoms with Crippen molar-refractivity contribution in [2.24, 2.45) is 0 Å². The van der Waals surface area contributed by atoms with Crippen molar-refractivity contribution in [3.63, 3.8) is 0 Å². The Morgan fingerprint density at radius 3 is 2.64 bits per heavy atom. The standard InChI is InChI=1S/C19H28FNO3Si/c1-19(2,3)25(4,5)24-17-9-10-18(23)21-15(17)12-16(22)13-7-6-8-14(20)11-13/h6-8,11,15,17H,9-10,12H2,1-5H3,(H,21,23)/t15-,17+/m0/s1. The van der Waals surface area contributed by atoms with Gasteiger partial charge in [-0.05, 0) is 36.7 Å². The Kier molecular flexibility index (Phi) is 5.84. The molecule has 138 valence electrons. The number of hydrogen-bond acceptors (Lipinski definition) is 3. The first kappa shape index (κ1) is 19.8. The summed E-state index contributed by atoms with van der Waals surface area (Å²) in [5.74, 6) is -0.685. The van der Waals surface area contributed by atoms with Gasteiger partial charge in [-0.1, -0.05) is 32.9 Å².